The van der Waals surface area contributed by atoms with Gasteiger partial charge in [0.25, 0.3) is 0 Å². The highest BCUT2D eigenvalue weighted by molar-refractivity contribution is 5.22. The van der Waals surface area contributed by atoms with Gasteiger partial charge in [0.1, 0.15) is 0 Å². The van der Waals surface area contributed by atoms with Gasteiger partial charge >= 0.3 is 0 Å². The number of benzene rings is 1. The zero-order valence-corrected chi connectivity index (χ0v) is 14.0. The minimum Gasteiger partial charge on any atom is -0.300 e. The Morgan fingerprint density at radius 2 is 1.60 bits per heavy atom. The SMILES string of the molecule is CC.CCCC(Cc1ccc(C)cc1)N1CCCCC1. The van der Waals surface area contributed by atoms with Crippen molar-refractivity contribution in [2.24, 2.45) is 0 Å². The molecule has 0 aromatic heterocycles. The van der Waals surface area contributed by atoms with Crippen LogP contribution in [0, 0.1) is 6.92 Å². The first kappa shape index (κ1) is 17.2. The maximum Gasteiger partial charge on any atom is 0.0136 e. The fourth-order valence-electron chi connectivity index (χ4n) is 3.03. The maximum atomic E-state index is 2.73. The van der Waals surface area contributed by atoms with E-state index in [1.54, 1.807) is 0 Å². The van der Waals surface area contributed by atoms with Crippen molar-refractivity contribution >= 4 is 0 Å². The second-order valence-electron chi connectivity index (χ2n) is 5.73. The molecule has 0 aliphatic carbocycles. The Morgan fingerprint density at radius 3 is 2.15 bits per heavy atom. The van der Waals surface area contributed by atoms with Gasteiger partial charge in [-0.15, -0.1) is 0 Å². The minimum atomic E-state index is 0.762. The van der Waals surface area contributed by atoms with E-state index in [0.29, 0.717) is 0 Å². The first-order chi connectivity index (χ1) is 9.79. The van der Waals surface area contributed by atoms with Gasteiger partial charge in [0.2, 0.25) is 0 Å². The molecule has 1 nitrogen and oxygen atoms in total. The van der Waals surface area contributed by atoms with E-state index in [1.807, 2.05) is 13.8 Å². The topological polar surface area (TPSA) is 3.24 Å². The average Bonchev–Trinajstić information content (AvgIpc) is 2.52. The predicted octanol–water partition coefficient (Wildman–Crippen LogP) is 5.22. The molecule has 0 N–H and O–H groups in total. The van der Waals surface area contributed by atoms with E-state index in [2.05, 4.69) is 43.0 Å². The fraction of sp³-hybridized carbons (Fsp3) is 0.684. The molecule has 0 radical (unpaired) electrons. The fourth-order valence-corrected chi connectivity index (χ4v) is 3.03. The average molecular weight is 275 g/mol. The first-order valence-corrected chi connectivity index (χ1v) is 8.59. The molecule has 1 aliphatic heterocycles. The summed E-state index contributed by atoms with van der Waals surface area (Å²) in [7, 11) is 0. The van der Waals surface area contributed by atoms with Crippen LogP contribution in [0.4, 0.5) is 0 Å². The van der Waals surface area contributed by atoms with Crippen LogP contribution in [0.5, 0.6) is 0 Å². The lowest BCUT2D eigenvalue weighted by Crippen LogP contribution is -2.40. The molecule has 1 aromatic rings. The van der Waals surface area contributed by atoms with E-state index < -0.39 is 0 Å². The molecule has 0 bridgehead atoms. The summed E-state index contributed by atoms with van der Waals surface area (Å²) in [6.45, 7) is 11.1. The third-order valence-electron chi connectivity index (χ3n) is 4.12. The summed E-state index contributed by atoms with van der Waals surface area (Å²) >= 11 is 0. The quantitative estimate of drug-likeness (QED) is 0.712. The van der Waals surface area contributed by atoms with E-state index in [0.717, 1.165) is 6.04 Å². The number of hydrogen-bond donors (Lipinski definition) is 0. The summed E-state index contributed by atoms with van der Waals surface area (Å²) in [4.78, 5) is 2.73. The smallest absolute Gasteiger partial charge is 0.0136 e. The molecule has 1 heteroatoms. The standard InChI is InChI=1S/C17H27N.C2H6/c1-3-7-17(18-12-5-4-6-13-18)14-16-10-8-15(2)9-11-16;1-2/h8-11,17H,3-7,12-14H2,1-2H3;1-2H3. The van der Waals surface area contributed by atoms with Crippen LogP contribution >= 0.6 is 0 Å². The lowest BCUT2D eigenvalue weighted by molar-refractivity contribution is 0.153. The third kappa shape index (κ3) is 5.66. The number of hydrogen-bond acceptors (Lipinski definition) is 1. The maximum absolute atomic E-state index is 2.73. The van der Waals surface area contributed by atoms with E-state index in [1.165, 1.54) is 62.7 Å². The van der Waals surface area contributed by atoms with Crippen molar-refractivity contribution in [1.82, 2.24) is 4.90 Å². The largest absolute Gasteiger partial charge is 0.300 e. The summed E-state index contributed by atoms with van der Waals surface area (Å²) in [6.07, 6.45) is 8.09. The molecule has 1 unspecified atom stereocenters. The lowest BCUT2D eigenvalue weighted by Gasteiger charge is -2.34. The molecule has 2 rings (SSSR count). The van der Waals surface area contributed by atoms with E-state index in [4.69, 9.17) is 0 Å². The molecule has 20 heavy (non-hydrogen) atoms. The van der Waals surface area contributed by atoms with Gasteiger partial charge in [-0.3, -0.25) is 0 Å². The van der Waals surface area contributed by atoms with Gasteiger partial charge in [0, 0.05) is 6.04 Å². The highest BCUT2D eigenvalue weighted by atomic mass is 15.2. The number of rotatable bonds is 5. The van der Waals surface area contributed by atoms with Crippen LogP contribution in [0.2, 0.25) is 0 Å². The highest BCUT2D eigenvalue weighted by Crippen LogP contribution is 2.19. The van der Waals surface area contributed by atoms with Gasteiger partial charge in [-0.1, -0.05) is 63.4 Å². The normalized spacial score (nSPS) is 17.2. The van der Waals surface area contributed by atoms with Crippen LogP contribution in [0.1, 0.15) is 64.0 Å². The lowest BCUT2D eigenvalue weighted by atomic mass is 9.97. The number of likely N-dealkylation sites (tertiary alicyclic amines) is 1. The number of nitrogens with zero attached hydrogens (tertiary/aromatic N) is 1. The molecule has 0 amide bonds. The second kappa shape index (κ2) is 9.99. The van der Waals surface area contributed by atoms with Gasteiger partial charge in [0.05, 0.1) is 0 Å². The van der Waals surface area contributed by atoms with Crippen molar-refractivity contribution in [3.05, 3.63) is 35.4 Å². The highest BCUT2D eigenvalue weighted by Gasteiger charge is 2.19. The summed E-state index contributed by atoms with van der Waals surface area (Å²) in [5.74, 6) is 0. The van der Waals surface area contributed by atoms with Crippen LogP contribution in [-0.4, -0.2) is 24.0 Å². The molecule has 1 heterocycles. The van der Waals surface area contributed by atoms with Crippen molar-refractivity contribution in [3.8, 4) is 0 Å². The molecule has 1 aromatic carbocycles. The van der Waals surface area contributed by atoms with Crippen LogP contribution in [0.15, 0.2) is 24.3 Å². The van der Waals surface area contributed by atoms with Gasteiger partial charge in [0.15, 0.2) is 0 Å². The molecule has 1 fully saturated rings. The number of piperidine rings is 1. The Bertz CT molecular complexity index is 335. The zero-order chi connectivity index (χ0) is 14.8. The Balaban J connectivity index is 0.000000956. The van der Waals surface area contributed by atoms with Crippen LogP contribution in [0.25, 0.3) is 0 Å². The van der Waals surface area contributed by atoms with E-state index in [9.17, 15) is 0 Å². The Morgan fingerprint density at radius 1 is 1.00 bits per heavy atom. The third-order valence-corrected chi connectivity index (χ3v) is 4.12. The summed E-state index contributed by atoms with van der Waals surface area (Å²) in [5, 5.41) is 0. The molecule has 1 aliphatic rings. The Hall–Kier alpha value is -0.820. The van der Waals surface area contributed by atoms with Crippen LogP contribution in [0.3, 0.4) is 0 Å². The van der Waals surface area contributed by atoms with Gasteiger partial charge in [-0.25, -0.2) is 0 Å². The Labute approximate surface area is 126 Å². The molecule has 1 saturated heterocycles. The van der Waals surface area contributed by atoms with Gasteiger partial charge in [-0.2, -0.15) is 0 Å². The molecule has 114 valence electrons. The van der Waals surface area contributed by atoms with Crippen LogP contribution < -0.4 is 0 Å². The van der Waals surface area contributed by atoms with Crippen molar-refractivity contribution in [2.45, 2.75) is 72.3 Å². The van der Waals surface area contributed by atoms with Gasteiger partial charge in [-0.05, 0) is 51.3 Å². The van der Waals surface area contributed by atoms with E-state index in [-0.39, 0.29) is 0 Å². The predicted molar refractivity (Wildman–Crippen MR) is 90.4 cm³/mol. The minimum absolute atomic E-state index is 0.762. The summed E-state index contributed by atoms with van der Waals surface area (Å²) in [6, 6.07) is 9.87. The second-order valence-corrected chi connectivity index (χ2v) is 5.73. The van der Waals surface area contributed by atoms with E-state index >= 15 is 0 Å². The van der Waals surface area contributed by atoms with Crippen LogP contribution in [-0.2, 0) is 6.42 Å². The molecular formula is C19H33N. The summed E-state index contributed by atoms with van der Waals surface area (Å²) in [5.41, 5.74) is 2.87. The monoisotopic (exact) mass is 275 g/mol. The van der Waals surface area contributed by atoms with Crippen molar-refractivity contribution in [2.75, 3.05) is 13.1 Å². The molecular weight excluding hydrogens is 242 g/mol. The van der Waals surface area contributed by atoms with Crippen molar-refractivity contribution < 1.29 is 0 Å². The van der Waals surface area contributed by atoms with Crippen molar-refractivity contribution in [1.29, 1.82) is 0 Å². The Kier molecular flexibility index (Phi) is 8.60. The summed E-state index contributed by atoms with van der Waals surface area (Å²) < 4.78 is 0. The zero-order valence-electron chi connectivity index (χ0n) is 14.0. The molecule has 0 spiro atoms. The molecule has 0 saturated carbocycles. The molecule has 1 atom stereocenters. The van der Waals surface area contributed by atoms with Gasteiger partial charge < -0.3 is 4.90 Å². The van der Waals surface area contributed by atoms with Crippen molar-refractivity contribution in [3.63, 3.8) is 0 Å². The first-order valence-electron chi connectivity index (χ1n) is 8.59. The number of aryl methyl sites for hydroxylation is 1.